The van der Waals surface area contributed by atoms with E-state index in [2.05, 4.69) is 0 Å². The number of nitro groups is 1. The van der Waals surface area contributed by atoms with E-state index < -0.39 is 16.4 Å². The lowest BCUT2D eigenvalue weighted by molar-refractivity contribution is -0.386. The molecule has 5 nitrogen and oxygen atoms in total. The average molecular weight is 279 g/mol. The molecule has 6 heteroatoms. The van der Waals surface area contributed by atoms with E-state index >= 15 is 0 Å². The van der Waals surface area contributed by atoms with Gasteiger partial charge in [-0.25, -0.2) is 0 Å². The summed E-state index contributed by atoms with van der Waals surface area (Å²) in [6.45, 7) is 1.43. The zero-order chi connectivity index (χ0) is 14.3. The Balaban J connectivity index is 1.91. The number of halogens is 1. The molecule has 2 fully saturated rings. The van der Waals surface area contributed by atoms with Gasteiger partial charge in [-0.1, -0.05) is 12.5 Å². The van der Waals surface area contributed by atoms with Crippen LogP contribution in [-0.4, -0.2) is 24.1 Å². The summed E-state index contributed by atoms with van der Waals surface area (Å²) in [4.78, 5) is 12.4. The zero-order valence-electron chi connectivity index (χ0n) is 11.2. The van der Waals surface area contributed by atoms with E-state index in [9.17, 15) is 14.5 Å². The summed E-state index contributed by atoms with van der Waals surface area (Å²) in [5.74, 6) is 0.0694. The van der Waals surface area contributed by atoms with Gasteiger partial charge in [-0.05, 0) is 36.8 Å². The topological polar surface area (TPSA) is 72.4 Å². The number of hydrogen-bond acceptors (Lipinski definition) is 4. The first-order chi connectivity index (χ1) is 9.58. The standard InChI is InChI=1S/C14H18FN3O2/c15-11-4-2-6-13(14(11)18(19)20)17-7-9-3-1-5-12(16)10(9)8-17/h2,4,6,9-10,12H,1,3,5,7-8,16H2. The van der Waals surface area contributed by atoms with Crippen molar-refractivity contribution in [2.45, 2.75) is 25.3 Å². The van der Waals surface area contributed by atoms with Crippen LogP contribution in [0.25, 0.3) is 0 Å². The first-order valence-electron chi connectivity index (χ1n) is 7.01. The van der Waals surface area contributed by atoms with Crippen LogP contribution in [0.15, 0.2) is 18.2 Å². The summed E-state index contributed by atoms with van der Waals surface area (Å²) in [5, 5.41) is 11.1. The number of anilines is 1. The van der Waals surface area contributed by atoms with E-state index in [1.165, 1.54) is 6.07 Å². The molecule has 1 heterocycles. The molecular weight excluding hydrogens is 261 g/mol. The highest BCUT2D eigenvalue weighted by Crippen LogP contribution is 2.40. The van der Waals surface area contributed by atoms with Gasteiger partial charge in [0, 0.05) is 19.1 Å². The molecule has 1 aliphatic carbocycles. The van der Waals surface area contributed by atoms with Crippen molar-refractivity contribution in [1.82, 2.24) is 0 Å². The smallest absolute Gasteiger partial charge is 0.327 e. The molecule has 3 atom stereocenters. The predicted molar refractivity (Wildman–Crippen MR) is 74.1 cm³/mol. The summed E-state index contributed by atoms with van der Waals surface area (Å²) in [6.07, 6.45) is 3.24. The van der Waals surface area contributed by atoms with Crippen molar-refractivity contribution in [3.63, 3.8) is 0 Å². The Morgan fingerprint density at radius 2 is 2.15 bits per heavy atom. The Labute approximate surface area is 116 Å². The molecule has 3 unspecified atom stereocenters. The molecule has 108 valence electrons. The number of nitrogens with zero attached hydrogens (tertiary/aromatic N) is 2. The monoisotopic (exact) mass is 279 g/mol. The quantitative estimate of drug-likeness (QED) is 0.666. The zero-order valence-corrected chi connectivity index (χ0v) is 11.2. The number of rotatable bonds is 2. The highest BCUT2D eigenvalue weighted by atomic mass is 19.1. The molecule has 1 aromatic rings. The summed E-state index contributed by atoms with van der Waals surface area (Å²) in [7, 11) is 0. The van der Waals surface area contributed by atoms with Crippen molar-refractivity contribution in [2.24, 2.45) is 17.6 Å². The minimum atomic E-state index is -0.772. The molecule has 0 bridgehead atoms. The van der Waals surface area contributed by atoms with Crippen LogP contribution in [0.1, 0.15) is 19.3 Å². The number of benzene rings is 1. The first-order valence-corrected chi connectivity index (χ1v) is 7.01. The maximum Gasteiger partial charge on any atom is 0.327 e. The third-order valence-corrected chi connectivity index (χ3v) is 4.64. The normalized spacial score (nSPS) is 29.3. The van der Waals surface area contributed by atoms with Gasteiger partial charge in [-0.15, -0.1) is 0 Å². The molecule has 1 saturated carbocycles. The molecule has 2 aliphatic rings. The Bertz CT molecular complexity index is 537. The number of nitrogens with two attached hydrogens (primary N) is 1. The lowest BCUT2D eigenvalue weighted by atomic mass is 9.78. The van der Waals surface area contributed by atoms with Gasteiger partial charge in [-0.2, -0.15) is 4.39 Å². The fourth-order valence-corrected chi connectivity index (χ4v) is 3.65. The summed E-state index contributed by atoms with van der Waals surface area (Å²) in [5.41, 5.74) is 6.12. The Hall–Kier alpha value is -1.69. The van der Waals surface area contributed by atoms with Crippen molar-refractivity contribution in [3.8, 4) is 0 Å². The van der Waals surface area contributed by atoms with Crippen molar-refractivity contribution < 1.29 is 9.31 Å². The molecule has 0 radical (unpaired) electrons. The van der Waals surface area contributed by atoms with Crippen LogP contribution in [0.2, 0.25) is 0 Å². The lowest BCUT2D eigenvalue weighted by Crippen LogP contribution is -2.38. The maximum absolute atomic E-state index is 13.7. The van der Waals surface area contributed by atoms with Crippen LogP contribution in [-0.2, 0) is 0 Å². The largest absolute Gasteiger partial charge is 0.365 e. The molecule has 20 heavy (non-hydrogen) atoms. The van der Waals surface area contributed by atoms with E-state index in [-0.39, 0.29) is 6.04 Å². The number of nitro benzene ring substituents is 1. The summed E-state index contributed by atoms with van der Waals surface area (Å²) in [6, 6.07) is 4.45. The second-order valence-electron chi connectivity index (χ2n) is 5.79. The van der Waals surface area contributed by atoms with Crippen LogP contribution < -0.4 is 10.6 Å². The lowest BCUT2D eigenvalue weighted by Gasteiger charge is -2.29. The molecule has 0 aromatic heterocycles. The highest BCUT2D eigenvalue weighted by Gasteiger charge is 2.40. The number of fused-ring (bicyclic) bond motifs is 1. The summed E-state index contributed by atoms with van der Waals surface area (Å²) >= 11 is 0. The third-order valence-electron chi connectivity index (χ3n) is 4.64. The molecule has 1 saturated heterocycles. The number of para-hydroxylation sites is 1. The first kappa shape index (κ1) is 13.3. The predicted octanol–water partition coefficient (Wildman–Crippen LogP) is 2.30. The maximum atomic E-state index is 13.7. The molecule has 3 rings (SSSR count). The second kappa shape index (κ2) is 5.01. The fourth-order valence-electron chi connectivity index (χ4n) is 3.65. The van der Waals surface area contributed by atoms with Gasteiger partial charge < -0.3 is 10.6 Å². The van der Waals surface area contributed by atoms with E-state index in [1.807, 2.05) is 4.90 Å². The van der Waals surface area contributed by atoms with E-state index in [1.54, 1.807) is 6.07 Å². The molecule has 0 spiro atoms. The average Bonchev–Trinajstić information content (AvgIpc) is 2.83. The van der Waals surface area contributed by atoms with Gasteiger partial charge in [0.05, 0.1) is 4.92 Å². The molecule has 1 aromatic carbocycles. The minimum Gasteiger partial charge on any atom is -0.365 e. The van der Waals surface area contributed by atoms with E-state index in [0.29, 0.717) is 24.1 Å². The SMILES string of the molecule is NC1CCCC2CN(c3cccc(F)c3[N+](=O)[O-])CC12. The molecular formula is C14H18FN3O2. The van der Waals surface area contributed by atoms with Crippen LogP contribution in [0.5, 0.6) is 0 Å². The Morgan fingerprint density at radius 1 is 1.35 bits per heavy atom. The van der Waals surface area contributed by atoms with Crippen molar-refractivity contribution in [1.29, 1.82) is 0 Å². The van der Waals surface area contributed by atoms with Crippen molar-refractivity contribution in [3.05, 3.63) is 34.1 Å². The van der Waals surface area contributed by atoms with E-state index in [4.69, 9.17) is 5.73 Å². The van der Waals surface area contributed by atoms with Crippen LogP contribution in [0, 0.1) is 27.8 Å². The van der Waals surface area contributed by atoms with Gasteiger partial charge >= 0.3 is 5.69 Å². The van der Waals surface area contributed by atoms with Crippen molar-refractivity contribution in [2.75, 3.05) is 18.0 Å². The number of hydrogen-bond donors (Lipinski definition) is 1. The Kier molecular flexibility index (Phi) is 3.33. The fraction of sp³-hybridized carbons (Fsp3) is 0.571. The van der Waals surface area contributed by atoms with Crippen molar-refractivity contribution >= 4 is 11.4 Å². The van der Waals surface area contributed by atoms with Gasteiger partial charge in [-0.3, -0.25) is 10.1 Å². The van der Waals surface area contributed by atoms with E-state index in [0.717, 1.165) is 31.9 Å². The van der Waals surface area contributed by atoms with Crippen LogP contribution >= 0.6 is 0 Å². The van der Waals surface area contributed by atoms with Gasteiger partial charge in [0.25, 0.3) is 0 Å². The summed E-state index contributed by atoms with van der Waals surface area (Å²) < 4.78 is 13.7. The minimum absolute atomic E-state index is 0.159. The third kappa shape index (κ3) is 2.14. The highest BCUT2D eigenvalue weighted by molar-refractivity contribution is 5.64. The molecule has 0 amide bonds. The molecule has 1 aliphatic heterocycles. The Morgan fingerprint density at radius 3 is 2.85 bits per heavy atom. The van der Waals surface area contributed by atoms with Crippen LogP contribution in [0.4, 0.5) is 15.8 Å². The van der Waals surface area contributed by atoms with Gasteiger partial charge in [0.15, 0.2) is 0 Å². The second-order valence-corrected chi connectivity index (χ2v) is 5.79. The molecule has 2 N–H and O–H groups in total. The van der Waals surface area contributed by atoms with Gasteiger partial charge in [0.1, 0.15) is 5.69 Å². The van der Waals surface area contributed by atoms with Crippen LogP contribution in [0.3, 0.4) is 0 Å². The van der Waals surface area contributed by atoms with Gasteiger partial charge in [0.2, 0.25) is 5.82 Å².